The molecule has 0 radical (unpaired) electrons. The number of aromatic nitrogens is 1. The molecule has 0 fully saturated rings. The van der Waals surface area contributed by atoms with Gasteiger partial charge in [-0.25, -0.2) is 4.39 Å². The summed E-state index contributed by atoms with van der Waals surface area (Å²) in [6.07, 6.45) is 1.51. The van der Waals surface area contributed by atoms with E-state index in [1.807, 2.05) is 0 Å². The van der Waals surface area contributed by atoms with Crippen molar-refractivity contribution in [3.63, 3.8) is 0 Å². The molecule has 0 bridgehead atoms. The highest BCUT2D eigenvalue weighted by atomic mass is 19.1. The molecule has 1 N–H and O–H groups in total. The van der Waals surface area contributed by atoms with Crippen molar-refractivity contribution in [2.75, 3.05) is 7.11 Å². The number of pyridine rings is 1. The highest BCUT2D eigenvalue weighted by molar-refractivity contribution is 5.79. The Bertz CT molecular complexity index is 586. The first-order valence-corrected chi connectivity index (χ1v) is 5.60. The van der Waals surface area contributed by atoms with Crippen LogP contribution in [0.5, 0.6) is 5.75 Å². The molecule has 5 heteroatoms. The predicted molar refractivity (Wildman–Crippen MR) is 66.7 cm³/mol. The summed E-state index contributed by atoms with van der Waals surface area (Å²) < 4.78 is 18.5. The number of aliphatic carboxylic acids is 1. The zero-order valence-corrected chi connectivity index (χ0v) is 10.2. The second kappa shape index (κ2) is 5.48. The summed E-state index contributed by atoms with van der Waals surface area (Å²) in [5, 5.41) is 9.30. The molecule has 0 spiro atoms. The van der Waals surface area contributed by atoms with Crippen LogP contribution in [0.2, 0.25) is 0 Å². The number of methoxy groups -OCH3 is 1. The minimum Gasteiger partial charge on any atom is -0.494 e. The van der Waals surface area contributed by atoms with E-state index in [2.05, 4.69) is 4.98 Å². The van der Waals surface area contributed by atoms with E-state index < -0.39 is 17.7 Å². The highest BCUT2D eigenvalue weighted by Gasteiger charge is 2.24. The fourth-order valence-corrected chi connectivity index (χ4v) is 1.85. The first-order valence-electron chi connectivity index (χ1n) is 5.60. The molecular formula is C14H12FNO3. The Morgan fingerprint density at radius 1 is 1.37 bits per heavy atom. The number of ether oxygens (including phenoxy) is 1. The first kappa shape index (κ1) is 13.0. The van der Waals surface area contributed by atoms with Crippen LogP contribution in [-0.4, -0.2) is 23.2 Å². The number of halogens is 1. The number of carbonyl (C=O) groups is 1. The van der Waals surface area contributed by atoms with Gasteiger partial charge in [0, 0.05) is 6.20 Å². The molecule has 1 aromatic carbocycles. The van der Waals surface area contributed by atoms with Crippen molar-refractivity contribution in [3.05, 3.63) is 59.7 Å². The van der Waals surface area contributed by atoms with Crippen molar-refractivity contribution in [2.24, 2.45) is 0 Å². The molecule has 2 rings (SSSR count). The van der Waals surface area contributed by atoms with Crippen LogP contribution in [0.3, 0.4) is 0 Å². The van der Waals surface area contributed by atoms with Crippen LogP contribution in [0, 0.1) is 5.82 Å². The van der Waals surface area contributed by atoms with E-state index in [0.717, 1.165) is 6.07 Å². The molecule has 2 aromatic rings. The molecule has 0 aliphatic carbocycles. The van der Waals surface area contributed by atoms with Crippen molar-refractivity contribution in [2.45, 2.75) is 5.92 Å². The minimum atomic E-state index is -1.08. The van der Waals surface area contributed by atoms with Gasteiger partial charge in [-0.1, -0.05) is 12.1 Å². The van der Waals surface area contributed by atoms with Gasteiger partial charge in [-0.2, -0.15) is 0 Å². The third-order valence-corrected chi connectivity index (χ3v) is 2.74. The second-order valence-corrected chi connectivity index (χ2v) is 3.92. The Morgan fingerprint density at radius 2 is 2.16 bits per heavy atom. The van der Waals surface area contributed by atoms with Crippen molar-refractivity contribution < 1.29 is 19.0 Å². The van der Waals surface area contributed by atoms with E-state index in [9.17, 15) is 14.3 Å². The van der Waals surface area contributed by atoms with Gasteiger partial charge in [-0.15, -0.1) is 0 Å². The van der Waals surface area contributed by atoms with Crippen LogP contribution in [0.4, 0.5) is 4.39 Å². The molecule has 0 amide bonds. The number of hydrogen-bond donors (Lipinski definition) is 1. The monoisotopic (exact) mass is 261 g/mol. The quantitative estimate of drug-likeness (QED) is 0.918. The van der Waals surface area contributed by atoms with Crippen molar-refractivity contribution in [1.82, 2.24) is 4.98 Å². The number of carboxylic acids is 1. The van der Waals surface area contributed by atoms with Gasteiger partial charge in [0.25, 0.3) is 0 Å². The van der Waals surface area contributed by atoms with Crippen LogP contribution in [0.25, 0.3) is 0 Å². The average Bonchev–Trinajstić information content (AvgIpc) is 2.40. The lowest BCUT2D eigenvalue weighted by Gasteiger charge is -2.13. The Kier molecular flexibility index (Phi) is 3.75. The number of carboxylic acid groups (broad SMARTS) is 1. The van der Waals surface area contributed by atoms with E-state index >= 15 is 0 Å². The number of hydrogen-bond acceptors (Lipinski definition) is 3. The summed E-state index contributed by atoms with van der Waals surface area (Å²) in [5.74, 6) is -2.60. The average molecular weight is 261 g/mol. The lowest BCUT2D eigenvalue weighted by atomic mass is 9.95. The number of nitrogens with zero attached hydrogens (tertiary/aromatic N) is 1. The maximum atomic E-state index is 13.7. The van der Waals surface area contributed by atoms with Gasteiger partial charge in [0.05, 0.1) is 12.8 Å². The molecule has 98 valence electrons. The molecular weight excluding hydrogens is 249 g/mol. The summed E-state index contributed by atoms with van der Waals surface area (Å²) in [5.41, 5.74) is 0.684. The van der Waals surface area contributed by atoms with E-state index in [1.165, 1.54) is 25.4 Å². The zero-order chi connectivity index (χ0) is 13.8. The number of benzene rings is 1. The lowest BCUT2D eigenvalue weighted by molar-refractivity contribution is -0.137. The van der Waals surface area contributed by atoms with E-state index in [4.69, 9.17) is 4.74 Å². The van der Waals surface area contributed by atoms with Gasteiger partial charge < -0.3 is 9.84 Å². The van der Waals surface area contributed by atoms with Gasteiger partial charge >= 0.3 is 5.97 Å². The SMILES string of the molecule is COc1ccc(C(C(=O)O)c2ccccn2)cc1F. The van der Waals surface area contributed by atoms with Crippen molar-refractivity contribution in [3.8, 4) is 5.75 Å². The van der Waals surface area contributed by atoms with Crippen LogP contribution in [-0.2, 0) is 4.79 Å². The van der Waals surface area contributed by atoms with E-state index in [-0.39, 0.29) is 5.75 Å². The minimum absolute atomic E-state index is 0.0777. The Morgan fingerprint density at radius 3 is 2.68 bits per heavy atom. The third kappa shape index (κ3) is 2.70. The topological polar surface area (TPSA) is 59.4 Å². The van der Waals surface area contributed by atoms with Crippen LogP contribution < -0.4 is 4.74 Å². The number of rotatable bonds is 4. The Labute approximate surface area is 109 Å². The molecule has 0 saturated heterocycles. The molecule has 1 heterocycles. The molecule has 0 saturated carbocycles. The summed E-state index contributed by atoms with van der Waals surface area (Å²) in [6, 6.07) is 9.07. The van der Waals surface area contributed by atoms with Crippen LogP contribution in [0.15, 0.2) is 42.6 Å². The van der Waals surface area contributed by atoms with Crippen molar-refractivity contribution >= 4 is 5.97 Å². The third-order valence-electron chi connectivity index (χ3n) is 2.74. The molecule has 19 heavy (non-hydrogen) atoms. The Hall–Kier alpha value is -2.43. The van der Waals surface area contributed by atoms with Gasteiger partial charge in [-0.3, -0.25) is 9.78 Å². The predicted octanol–water partition coefficient (Wildman–Crippen LogP) is 2.45. The maximum absolute atomic E-state index is 13.7. The molecule has 1 aromatic heterocycles. The molecule has 0 aliphatic rings. The highest BCUT2D eigenvalue weighted by Crippen LogP contribution is 2.27. The standard InChI is InChI=1S/C14H12FNO3/c1-19-12-6-5-9(8-10(12)15)13(14(17)18)11-4-2-3-7-16-11/h2-8,13H,1H3,(H,17,18). The fourth-order valence-electron chi connectivity index (χ4n) is 1.85. The van der Waals surface area contributed by atoms with Gasteiger partial charge in [0.2, 0.25) is 0 Å². The summed E-state index contributed by atoms with van der Waals surface area (Å²) in [6.45, 7) is 0. The van der Waals surface area contributed by atoms with Gasteiger partial charge in [0.1, 0.15) is 5.92 Å². The smallest absolute Gasteiger partial charge is 0.317 e. The molecule has 0 aliphatic heterocycles. The van der Waals surface area contributed by atoms with Crippen LogP contribution in [0.1, 0.15) is 17.2 Å². The van der Waals surface area contributed by atoms with Gasteiger partial charge in [0.15, 0.2) is 11.6 Å². The summed E-state index contributed by atoms with van der Waals surface area (Å²) in [4.78, 5) is 15.4. The van der Waals surface area contributed by atoms with E-state index in [1.54, 1.807) is 18.2 Å². The molecule has 1 unspecified atom stereocenters. The Balaban J connectivity index is 2.46. The molecule has 1 atom stereocenters. The summed E-state index contributed by atoms with van der Waals surface area (Å²) in [7, 11) is 1.35. The lowest BCUT2D eigenvalue weighted by Crippen LogP contribution is -2.14. The first-order chi connectivity index (χ1) is 9.13. The van der Waals surface area contributed by atoms with Crippen LogP contribution >= 0.6 is 0 Å². The molecule has 4 nitrogen and oxygen atoms in total. The van der Waals surface area contributed by atoms with Gasteiger partial charge in [-0.05, 0) is 29.8 Å². The second-order valence-electron chi connectivity index (χ2n) is 3.92. The zero-order valence-electron chi connectivity index (χ0n) is 10.2. The summed E-state index contributed by atoms with van der Waals surface area (Å²) >= 11 is 0. The normalized spacial score (nSPS) is 11.9. The fraction of sp³-hybridized carbons (Fsp3) is 0.143. The largest absolute Gasteiger partial charge is 0.494 e. The van der Waals surface area contributed by atoms with E-state index in [0.29, 0.717) is 11.3 Å². The van der Waals surface area contributed by atoms with Crippen molar-refractivity contribution in [1.29, 1.82) is 0 Å². The maximum Gasteiger partial charge on any atom is 0.317 e.